The number of hydrogen-bond donors (Lipinski definition) is 1. The van der Waals surface area contributed by atoms with E-state index in [9.17, 15) is 0 Å². The van der Waals surface area contributed by atoms with Crippen molar-refractivity contribution in [2.45, 2.75) is 6.92 Å². The third-order valence-corrected chi connectivity index (χ3v) is 2.42. The van der Waals surface area contributed by atoms with Crippen LogP contribution in [0.5, 0.6) is 0 Å². The largest absolute Gasteiger partial charge is 0.372 e. The minimum absolute atomic E-state index is 0.348. The summed E-state index contributed by atoms with van der Waals surface area (Å²) in [5.41, 5.74) is 2.15. The lowest BCUT2D eigenvalue weighted by atomic mass is 10.2. The molecule has 0 fully saturated rings. The summed E-state index contributed by atoms with van der Waals surface area (Å²) in [4.78, 5) is 0. The van der Waals surface area contributed by atoms with Crippen LogP contribution < -0.4 is 5.32 Å². The second kappa shape index (κ2) is 4.13. The van der Waals surface area contributed by atoms with Crippen LogP contribution in [0.25, 0.3) is 0 Å². The fraction of sp³-hybridized carbons (Fsp3) is 0.222. The minimum atomic E-state index is 0.348. The second-order valence-corrected chi connectivity index (χ2v) is 3.33. The molecule has 0 aliphatic carbocycles. The Balaban J connectivity index is 2.77. The van der Waals surface area contributed by atoms with Crippen LogP contribution in [0.4, 0.5) is 5.69 Å². The monoisotopic (exact) mass is 224 g/mol. The van der Waals surface area contributed by atoms with Crippen LogP contribution in [-0.2, 0) is 0 Å². The van der Waals surface area contributed by atoms with Crippen LogP contribution in [0.15, 0.2) is 22.7 Å². The molecular weight excluding hydrogens is 216 g/mol. The van der Waals surface area contributed by atoms with Crippen molar-refractivity contribution >= 4 is 21.6 Å². The number of hydrogen-bond acceptors (Lipinski definition) is 2. The maximum atomic E-state index is 8.33. The van der Waals surface area contributed by atoms with Gasteiger partial charge in [-0.05, 0) is 30.7 Å². The summed E-state index contributed by atoms with van der Waals surface area (Å²) in [6.45, 7) is 2.36. The standard InChI is InChI=1S/C9H9BrN2/c1-7-6-8(12-5-4-11)2-3-9(7)10/h2-3,6,12H,5H2,1H3. The first-order chi connectivity index (χ1) is 5.74. The molecule has 2 nitrogen and oxygen atoms in total. The lowest BCUT2D eigenvalue weighted by Gasteiger charge is -2.03. The summed E-state index contributed by atoms with van der Waals surface area (Å²) in [7, 11) is 0. The van der Waals surface area contributed by atoms with Crippen molar-refractivity contribution in [1.29, 1.82) is 5.26 Å². The molecule has 0 aliphatic rings. The highest BCUT2D eigenvalue weighted by molar-refractivity contribution is 9.10. The van der Waals surface area contributed by atoms with Gasteiger partial charge in [-0.15, -0.1) is 0 Å². The molecular formula is C9H9BrN2. The zero-order valence-corrected chi connectivity index (χ0v) is 8.35. The summed E-state index contributed by atoms with van der Waals surface area (Å²) < 4.78 is 1.09. The Morgan fingerprint density at radius 2 is 2.33 bits per heavy atom. The second-order valence-electron chi connectivity index (χ2n) is 2.48. The molecule has 1 aromatic rings. The van der Waals surface area contributed by atoms with Crippen LogP contribution >= 0.6 is 15.9 Å². The molecule has 0 saturated heterocycles. The number of halogens is 1. The van der Waals surface area contributed by atoms with Gasteiger partial charge < -0.3 is 5.32 Å². The minimum Gasteiger partial charge on any atom is -0.372 e. The molecule has 0 saturated carbocycles. The van der Waals surface area contributed by atoms with Gasteiger partial charge in [-0.25, -0.2) is 0 Å². The predicted octanol–water partition coefficient (Wildman–Crippen LogP) is 2.69. The Hall–Kier alpha value is -1.01. The number of rotatable bonds is 2. The van der Waals surface area contributed by atoms with Crippen molar-refractivity contribution in [2.24, 2.45) is 0 Å². The smallest absolute Gasteiger partial charge is 0.103 e. The molecule has 12 heavy (non-hydrogen) atoms. The molecule has 0 bridgehead atoms. The van der Waals surface area contributed by atoms with E-state index >= 15 is 0 Å². The van der Waals surface area contributed by atoms with E-state index in [1.165, 1.54) is 0 Å². The van der Waals surface area contributed by atoms with Crippen LogP contribution in [0, 0.1) is 18.3 Å². The van der Waals surface area contributed by atoms with Crippen molar-refractivity contribution in [3.63, 3.8) is 0 Å². The van der Waals surface area contributed by atoms with E-state index in [-0.39, 0.29) is 0 Å². The summed E-state index contributed by atoms with van der Waals surface area (Å²) in [6.07, 6.45) is 0. The van der Waals surface area contributed by atoms with Gasteiger partial charge in [-0.1, -0.05) is 15.9 Å². The molecule has 62 valence electrons. The van der Waals surface area contributed by atoms with Crippen LogP contribution in [-0.4, -0.2) is 6.54 Å². The Bertz CT molecular complexity index is 315. The molecule has 0 heterocycles. The molecule has 0 unspecified atom stereocenters. The van der Waals surface area contributed by atoms with E-state index in [2.05, 4.69) is 21.2 Å². The molecule has 1 rings (SSSR count). The Morgan fingerprint density at radius 3 is 2.92 bits per heavy atom. The third kappa shape index (κ3) is 2.24. The summed E-state index contributed by atoms with van der Waals surface area (Å²) in [5.74, 6) is 0. The third-order valence-electron chi connectivity index (χ3n) is 1.53. The molecule has 0 atom stereocenters. The van der Waals surface area contributed by atoms with Crippen molar-refractivity contribution in [3.8, 4) is 6.07 Å². The van der Waals surface area contributed by atoms with E-state index in [0.29, 0.717) is 6.54 Å². The van der Waals surface area contributed by atoms with Gasteiger partial charge in [0.1, 0.15) is 6.54 Å². The lowest BCUT2D eigenvalue weighted by Crippen LogP contribution is -1.98. The molecule has 0 aromatic heterocycles. The number of nitrogens with one attached hydrogen (secondary N) is 1. The number of anilines is 1. The first-order valence-corrected chi connectivity index (χ1v) is 4.40. The average Bonchev–Trinajstić information content (AvgIpc) is 2.07. The summed E-state index contributed by atoms with van der Waals surface area (Å²) in [6, 6.07) is 7.94. The number of nitrogens with zero attached hydrogens (tertiary/aromatic N) is 1. The summed E-state index contributed by atoms with van der Waals surface area (Å²) >= 11 is 3.40. The van der Waals surface area contributed by atoms with Gasteiger partial charge in [0.25, 0.3) is 0 Å². The highest BCUT2D eigenvalue weighted by Crippen LogP contribution is 2.19. The molecule has 0 spiro atoms. The van der Waals surface area contributed by atoms with E-state index in [4.69, 9.17) is 5.26 Å². The first kappa shape index (κ1) is 9.08. The first-order valence-electron chi connectivity index (χ1n) is 3.61. The van der Waals surface area contributed by atoms with Gasteiger partial charge in [0.2, 0.25) is 0 Å². The van der Waals surface area contributed by atoms with Gasteiger partial charge >= 0.3 is 0 Å². The topological polar surface area (TPSA) is 35.8 Å². The van der Waals surface area contributed by atoms with Crippen LogP contribution in [0.3, 0.4) is 0 Å². The molecule has 3 heteroatoms. The van der Waals surface area contributed by atoms with E-state index in [1.807, 2.05) is 31.2 Å². The summed E-state index contributed by atoms with van der Waals surface area (Å²) in [5, 5.41) is 11.3. The zero-order chi connectivity index (χ0) is 8.97. The van der Waals surface area contributed by atoms with Gasteiger partial charge in [0.15, 0.2) is 0 Å². The van der Waals surface area contributed by atoms with Gasteiger partial charge in [-0.3, -0.25) is 0 Å². The van der Waals surface area contributed by atoms with Gasteiger partial charge in [0.05, 0.1) is 6.07 Å². The molecule has 0 aliphatic heterocycles. The van der Waals surface area contributed by atoms with Crippen molar-refractivity contribution in [1.82, 2.24) is 0 Å². The van der Waals surface area contributed by atoms with E-state index < -0.39 is 0 Å². The van der Waals surface area contributed by atoms with Crippen LogP contribution in [0.1, 0.15) is 5.56 Å². The SMILES string of the molecule is Cc1cc(NCC#N)ccc1Br. The van der Waals surface area contributed by atoms with Crippen molar-refractivity contribution in [3.05, 3.63) is 28.2 Å². The average molecular weight is 225 g/mol. The molecule has 1 aromatic carbocycles. The predicted molar refractivity (Wildman–Crippen MR) is 53.0 cm³/mol. The fourth-order valence-electron chi connectivity index (χ4n) is 0.896. The molecule has 0 amide bonds. The highest BCUT2D eigenvalue weighted by Gasteiger charge is 1.95. The van der Waals surface area contributed by atoms with Gasteiger partial charge in [0, 0.05) is 10.2 Å². The fourth-order valence-corrected chi connectivity index (χ4v) is 1.14. The van der Waals surface area contributed by atoms with Gasteiger partial charge in [-0.2, -0.15) is 5.26 Å². The number of benzene rings is 1. The molecule has 1 N–H and O–H groups in total. The van der Waals surface area contributed by atoms with Crippen molar-refractivity contribution in [2.75, 3.05) is 11.9 Å². The zero-order valence-electron chi connectivity index (χ0n) is 6.76. The Morgan fingerprint density at radius 1 is 1.58 bits per heavy atom. The maximum absolute atomic E-state index is 8.33. The normalized spacial score (nSPS) is 9.08. The Labute approximate surface area is 80.3 Å². The molecule has 0 radical (unpaired) electrons. The van der Waals surface area contributed by atoms with E-state index in [1.54, 1.807) is 0 Å². The number of aryl methyl sites for hydroxylation is 1. The lowest BCUT2D eigenvalue weighted by molar-refractivity contribution is 1.30. The highest BCUT2D eigenvalue weighted by atomic mass is 79.9. The Kier molecular flexibility index (Phi) is 3.12. The number of nitriles is 1. The quantitative estimate of drug-likeness (QED) is 0.785. The maximum Gasteiger partial charge on any atom is 0.103 e. The van der Waals surface area contributed by atoms with Crippen LogP contribution in [0.2, 0.25) is 0 Å². The van der Waals surface area contributed by atoms with E-state index in [0.717, 1.165) is 15.7 Å². The van der Waals surface area contributed by atoms with Crippen molar-refractivity contribution < 1.29 is 0 Å².